The lowest BCUT2D eigenvalue weighted by molar-refractivity contribution is -0.165. The lowest BCUT2D eigenvalue weighted by Crippen LogP contribution is -2.47. The van der Waals surface area contributed by atoms with Gasteiger partial charge >= 0.3 is 27.1 Å². The molecule has 9 N–H and O–H groups in total. The van der Waals surface area contributed by atoms with E-state index in [1.165, 1.54) is 58.3 Å². The molecule has 1 fully saturated rings. The number of aromatic hydroxyl groups is 2. The quantitative estimate of drug-likeness (QED) is 0.0311. The van der Waals surface area contributed by atoms with E-state index in [2.05, 4.69) is 29.0 Å². The van der Waals surface area contributed by atoms with Crippen molar-refractivity contribution in [3.8, 4) is 28.7 Å². The number of ether oxygens (including phenoxy) is 5. The summed E-state index contributed by atoms with van der Waals surface area (Å²) >= 11 is 0. The highest BCUT2D eigenvalue weighted by molar-refractivity contribution is 7.70. The Bertz CT molecular complexity index is 3360. The van der Waals surface area contributed by atoms with Gasteiger partial charge < -0.3 is 78.5 Å². The second-order valence-corrected chi connectivity index (χ2v) is 25.8. The molecule has 2 amide bonds. The molecule has 4 aliphatic rings. The van der Waals surface area contributed by atoms with Crippen LogP contribution in [0.25, 0.3) is 33.3 Å². The number of phenols is 2. The minimum Gasteiger partial charge on any atom is -0.507 e. The summed E-state index contributed by atoms with van der Waals surface area (Å²) in [6, 6.07) is 3.17. The number of hydrogen-bond donors (Lipinski definition) is 9. The molecule has 2 aromatic rings. The molecule has 3 heterocycles. The zero-order valence-corrected chi connectivity index (χ0v) is 51.0. The number of allylic oxidation sites excluding steroid dienone is 2. The van der Waals surface area contributed by atoms with E-state index in [1.807, 2.05) is 0 Å². The fourth-order valence-corrected chi connectivity index (χ4v) is 12.9. The lowest BCUT2D eigenvalue weighted by atomic mass is 9.78. The van der Waals surface area contributed by atoms with E-state index in [9.17, 15) is 68.0 Å². The Kier molecular flexibility index (Phi) is 22.4. The molecule has 2 bridgehead atoms. The van der Waals surface area contributed by atoms with Crippen molar-refractivity contribution >= 4 is 78.0 Å². The molecule has 0 aromatic heterocycles. The summed E-state index contributed by atoms with van der Waals surface area (Å²) in [5.74, 6) is -9.33. The van der Waals surface area contributed by atoms with Gasteiger partial charge in [0.25, 0.3) is 5.91 Å². The SMILES string of the molecule is CCOc1c(C)c(O)c2c(=O)c3c4oc5cc(N6CCN(CC(C)C)CC6)cc(O)c5nc-4c2c1C(=O)CO/C=C/[C@H](OC)[C@@H](C)[C@@H](OC(C)=O)[C@H](C)[C@H](O)[C@H](C)[C@@H](OC(=O)CCC(=O)NC(P(=O)(O)O)P(=O)(O)O)[C@@H](C)/C=C/C=C(/C)C(=O)N3. The molecule has 0 unspecified atom stereocenters. The van der Waals surface area contributed by atoms with Crippen LogP contribution in [0.4, 0.5) is 11.4 Å². The third kappa shape index (κ3) is 15.8. The zero-order valence-electron chi connectivity index (χ0n) is 49.3. The van der Waals surface area contributed by atoms with Crippen molar-refractivity contribution in [2.24, 2.45) is 29.6 Å². The van der Waals surface area contributed by atoms with Crippen LogP contribution in [0.1, 0.15) is 91.1 Å². The number of benzene rings is 3. The minimum atomic E-state index is -5.58. The molecule has 28 heteroatoms. The highest BCUT2D eigenvalue weighted by Crippen LogP contribution is 2.58. The predicted octanol–water partition coefficient (Wildman–Crippen LogP) is 5.81. The first-order valence-electron chi connectivity index (χ1n) is 27.7. The lowest BCUT2D eigenvalue weighted by Gasteiger charge is -2.39. The smallest absolute Gasteiger partial charge is 0.360 e. The van der Waals surface area contributed by atoms with Crippen LogP contribution in [0, 0.1) is 36.5 Å². The Morgan fingerprint density at radius 1 is 0.894 bits per heavy atom. The number of ketones is 1. The van der Waals surface area contributed by atoms with Gasteiger partial charge in [-0.05, 0) is 32.8 Å². The highest BCUT2D eigenvalue weighted by atomic mass is 31.2. The third-order valence-corrected chi connectivity index (χ3v) is 18.5. The number of phenolic OH excluding ortho intramolecular Hbond substituents is 2. The second-order valence-electron chi connectivity index (χ2n) is 22.0. The van der Waals surface area contributed by atoms with Crippen molar-refractivity contribution in [2.45, 2.75) is 112 Å². The maximum absolute atomic E-state index is 15.1. The number of Topliss-reactive ketones (excluding diaryl/α,β-unsaturated/α-hetero) is 1. The fourth-order valence-electron chi connectivity index (χ4n) is 10.8. The predicted molar refractivity (Wildman–Crippen MR) is 312 cm³/mol. The van der Waals surface area contributed by atoms with Crippen molar-refractivity contribution in [1.82, 2.24) is 15.2 Å². The summed E-state index contributed by atoms with van der Waals surface area (Å²) in [5, 5.41) is 39.4. The van der Waals surface area contributed by atoms with Gasteiger partial charge in [-0.25, -0.2) is 4.98 Å². The monoisotopic (exact) mass is 1230 g/mol. The number of nitrogens with one attached hydrogen (secondary N) is 2. The number of hydrogen-bond acceptors (Lipinski definition) is 20. The number of methoxy groups -OCH3 is 1. The number of carbonyl (C=O) groups excluding carboxylic acids is 5. The summed E-state index contributed by atoms with van der Waals surface area (Å²) in [5.41, 5.74) is -4.38. The zero-order chi connectivity index (χ0) is 63.2. The van der Waals surface area contributed by atoms with E-state index in [-0.39, 0.29) is 62.7 Å². The van der Waals surface area contributed by atoms with Gasteiger partial charge in [0.05, 0.1) is 42.4 Å². The summed E-state index contributed by atoms with van der Waals surface area (Å²) in [7, 11) is -9.80. The Balaban J connectivity index is 1.52. The average molecular weight is 1230 g/mol. The molecular formula is C57H77N5O21P2. The molecule has 8 atom stereocenters. The average Bonchev–Trinajstić information content (AvgIpc) is 1.74. The van der Waals surface area contributed by atoms with E-state index in [0.29, 0.717) is 24.7 Å². The van der Waals surface area contributed by atoms with Gasteiger partial charge in [-0.1, -0.05) is 59.8 Å². The summed E-state index contributed by atoms with van der Waals surface area (Å²) in [6.45, 7) is 19.2. The number of piperazine rings is 1. The van der Waals surface area contributed by atoms with Gasteiger partial charge in [0.1, 0.15) is 46.4 Å². The molecule has 3 aliphatic heterocycles. The van der Waals surface area contributed by atoms with Crippen molar-refractivity contribution in [3.63, 3.8) is 0 Å². The maximum atomic E-state index is 15.1. The van der Waals surface area contributed by atoms with E-state index in [0.717, 1.165) is 32.8 Å². The van der Waals surface area contributed by atoms with Gasteiger partial charge in [-0.3, -0.25) is 42.8 Å². The van der Waals surface area contributed by atoms with Crippen molar-refractivity contribution in [2.75, 3.05) is 63.3 Å². The molecular weight excluding hydrogens is 1150 g/mol. The van der Waals surface area contributed by atoms with E-state index in [4.69, 9.17) is 33.1 Å². The van der Waals surface area contributed by atoms with Crippen LogP contribution in [0.15, 0.2) is 57.5 Å². The fraction of sp³-hybridized carbons (Fsp3) is 0.526. The number of nitrogens with zero attached hydrogens (tertiary/aromatic N) is 3. The Labute approximate surface area is 490 Å². The van der Waals surface area contributed by atoms with Crippen molar-refractivity contribution in [3.05, 3.63) is 69.6 Å². The van der Waals surface area contributed by atoms with E-state index in [1.54, 1.807) is 39.1 Å². The number of carbonyl (C=O) groups is 5. The Morgan fingerprint density at radius 3 is 2.14 bits per heavy atom. The highest BCUT2D eigenvalue weighted by Gasteiger charge is 2.45. The molecule has 0 saturated carbocycles. The number of rotatable bonds is 14. The van der Waals surface area contributed by atoms with E-state index < -0.39 is 140 Å². The molecule has 26 nitrogen and oxygen atoms in total. The second kappa shape index (κ2) is 28.2. The number of aliphatic hydroxyl groups is 1. The summed E-state index contributed by atoms with van der Waals surface area (Å²) in [6.07, 6.45) is 0.430. The van der Waals surface area contributed by atoms with Crippen LogP contribution in [-0.4, -0.2) is 157 Å². The third-order valence-electron chi connectivity index (χ3n) is 15.1. The maximum Gasteiger partial charge on any atom is 0.360 e. The van der Waals surface area contributed by atoms with Crippen LogP contribution < -0.4 is 25.7 Å². The summed E-state index contributed by atoms with van der Waals surface area (Å²) in [4.78, 5) is 131. The van der Waals surface area contributed by atoms with Gasteiger partial charge in [0, 0.05) is 111 Å². The molecule has 466 valence electrons. The topological polar surface area (TPSA) is 381 Å². The van der Waals surface area contributed by atoms with E-state index >= 15 is 4.79 Å². The normalized spacial score (nSPS) is 24.2. The largest absolute Gasteiger partial charge is 0.507 e. The number of esters is 2. The molecule has 85 heavy (non-hydrogen) atoms. The Hall–Kier alpha value is -6.73. The van der Waals surface area contributed by atoms with Crippen LogP contribution in [0.5, 0.6) is 17.2 Å². The standard InChI is InChI=1S/C57H77N5O21P2/c1-12-80-54-34(9)50(69)45-44-43(54)38(65)27-79-23-18-39(78-11)31(6)53(81-35(10)63)33(8)49(68)32(7)52(83-42(67)17-16-41(66)58-57(84(72,73)74)85(75,76)77)29(4)14-13-15-30(5)56(71)60-48(51(45)70)55-47(44)59-46-37(64)24-36(25-40(46)82-55)62-21-19-61(20-22-62)26-28(2)3/h13-15,18,23-25,28-29,31-33,39,49,52-53,57,64,68-69H,12,16-17,19-22,26-27H2,1-11H3,(H,58,66)(H,60,71)(H2,72,73,74)(H2,75,76,77)/b14-13+,23-18+,30-15-/t29-,31+,32-,33+,39-,49+,52-,53+/m0/s1. The Morgan fingerprint density at radius 2 is 1.54 bits per heavy atom. The number of fused-ring (bicyclic) bond motifs is 1. The number of aromatic nitrogens is 1. The van der Waals surface area contributed by atoms with Gasteiger partial charge in [-0.2, -0.15) is 0 Å². The van der Waals surface area contributed by atoms with Gasteiger partial charge in [-0.15, -0.1) is 0 Å². The van der Waals surface area contributed by atoms with Crippen LogP contribution in [0.3, 0.4) is 0 Å². The molecule has 1 aliphatic carbocycles. The number of amides is 2. The first-order chi connectivity index (χ1) is 39.8. The number of aliphatic hydroxyl groups excluding tert-OH is 1. The van der Waals surface area contributed by atoms with Crippen LogP contribution in [-0.2, 0) is 47.3 Å². The van der Waals surface area contributed by atoms with Crippen LogP contribution >= 0.6 is 15.2 Å². The van der Waals surface area contributed by atoms with Crippen molar-refractivity contribution < 1.29 is 96.1 Å². The van der Waals surface area contributed by atoms with Gasteiger partial charge in [0.2, 0.25) is 22.6 Å². The minimum absolute atomic E-state index is 0.0000183. The van der Waals surface area contributed by atoms with Gasteiger partial charge in [0.15, 0.2) is 18.0 Å². The molecule has 6 rings (SSSR count). The molecule has 2 aromatic carbocycles. The van der Waals surface area contributed by atoms with Crippen molar-refractivity contribution in [1.29, 1.82) is 0 Å². The summed E-state index contributed by atoms with van der Waals surface area (Å²) < 4.78 is 59.6. The first-order valence-corrected chi connectivity index (χ1v) is 31.0. The number of anilines is 2. The molecule has 1 saturated heterocycles. The van der Waals surface area contributed by atoms with Crippen LogP contribution in [0.2, 0.25) is 0 Å². The molecule has 0 radical (unpaired) electrons. The molecule has 0 spiro atoms. The first kappa shape index (κ1) is 67.4.